The number of benzene rings is 1. The van der Waals surface area contributed by atoms with Crippen molar-refractivity contribution in [2.24, 2.45) is 4.99 Å². The van der Waals surface area contributed by atoms with Gasteiger partial charge in [-0.3, -0.25) is 14.7 Å². The monoisotopic (exact) mass is 468 g/mol. The molecular weight excluding hydrogens is 428 g/mol. The molecule has 1 aliphatic heterocycles. The van der Waals surface area contributed by atoms with E-state index in [1.807, 2.05) is 6.92 Å². The van der Waals surface area contributed by atoms with Gasteiger partial charge in [-0.2, -0.15) is 0 Å². The molecule has 33 heavy (non-hydrogen) atoms. The second-order valence-electron chi connectivity index (χ2n) is 10.1. The predicted octanol–water partition coefficient (Wildman–Crippen LogP) is 7.45. The zero-order chi connectivity index (χ0) is 23.4. The van der Waals surface area contributed by atoms with E-state index in [0.717, 1.165) is 52.6 Å². The first-order valence-electron chi connectivity index (χ1n) is 13.1. The Bertz CT molecular complexity index is 909. The Morgan fingerprint density at radius 2 is 1.76 bits per heavy atom. The van der Waals surface area contributed by atoms with Gasteiger partial charge in [0, 0.05) is 6.04 Å². The van der Waals surface area contributed by atoms with Crippen molar-refractivity contribution in [1.82, 2.24) is 4.90 Å². The quantitative estimate of drug-likeness (QED) is 0.407. The van der Waals surface area contributed by atoms with Crippen molar-refractivity contribution >= 4 is 28.9 Å². The Hall–Kier alpha value is -1.75. The maximum absolute atomic E-state index is 13.7. The second kappa shape index (κ2) is 11.1. The number of hydrogen-bond donors (Lipinski definition) is 0. The molecule has 4 rings (SSSR count). The lowest BCUT2D eigenvalue weighted by atomic mass is 9.94. The molecule has 4 nitrogen and oxygen atoms in total. The van der Waals surface area contributed by atoms with Crippen LogP contribution in [0.1, 0.15) is 108 Å². The van der Waals surface area contributed by atoms with E-state index in [-0.39, 0.29) is 5.91 Å². The van der Waals surface area contributed by atoms with Gasteiger partial charge >= 0.3 is 0 Å². The molecule has 180 valence electrons. The van der Waals surface area contributed by atoms with Crippen LogP contribution in [-0.4, -0.2) is 34.7 Å². The lowest BCUT2D eigenvalue weighted by Crippen LogP contribution is -2.41. The number of hydrogen-bond acceptors (Lipinski definition) is 4. The molecule has 3 fully saturated rings. The molecule has 0 aromatic heterocycles. The Balaban J connectivity index is 1.68. The molecule has 0 bridgehead atoms. The fraction of sp³-hybridized carbons (Fsp3) is 0.643. The van der Waals surface area contributed by atoms with Gasteiger partial charge < -0.3 is 4.74 Å². The first-order chi connectivity index (χ1) is 16.0. The molecule has 0 spiro atoms. The van der Waals surface area contributed by atoms with Gasteiger partial charge in [-0.1, -0.05) is 52.4 Å². The molecule has 0 radical (unpaired) electrons. The molecule has 3 aliphatic rings. The summed E-state index contributed by atoms with van der Waals surface area (Å²) in [4.78, 5) is 21.7. The third-order valence-electron chi connectivity index (χ3n) is 7.25. The smallest absolute Gasteiger partial charge is 0.266 e. The molecule has 1 saturated heterocycles. The molecular formula is C28H40N2O2S. The van der Waals surface area contributed by atoms with Gasteiger partial charge in [0.1, 0.15) is 5.75 Å². The number of nitrogens with zero attached hydrogens (tertiary/aromatic N) is 2. The molecule has 0 atom stereocenters. The fourth-order valence-corrected chi connectivity index (χ4v) is 6.45. The summed E-state index contributed by atoms with van der Waals surface area (Å²) in [5.41, 5.74) is 3.45. The Kier molecular flexibility index (Phi) is 8.21. The van der Waals surface area contributed by atoms with E-state index in [4.69, 9.17) is 9.73 Å². The number of carbonyl (C=O) groups excluding carboxylic acids is 1. The summed E-state index contributed by atoms with van der Waals surface area (Å²) in [6.07, 6.45) is 14.2. The van der Waals surface area contributed by atoms with E-state index in [1.54, 1.807) is 11.8 Å². The molecule has 1 aromatic rings. The molecule has 2 saturated carbocycles. The van der Waals surface area contributed by atoms with Crippen LogP contribution < -0.4 is 4.74 Å². The van der Waals surface area contributed by atoms with Crippen LogP contribution in [0.25, 0.3) is 6.08 Å². The van der Waals surface area contributed by atoms with Gasteiger partial charge in [-0.15, -0.1) is 0 Å². The number of amides is 1. The van der Waals surface area contributed by atoms with Crippen molar-refractivity contribution in [3.63, 3.8) is 0 Å². The summed E-state index contributed by atoms with van der Waals surface area (Å²) in [6, 6.07) is 5.03. The van der Waals surface area contributed by atoms with Crippen LogP contribution >= 0.6 is 11.8 Å². The van der Waals surface area contributed by atoms with Crippen molar-refractivity contribution in [3.05, 3.63) is 33.7 Å². The number of ether oxygens (including phenoxy) is 1. The van der Waals surface area contributed by atoms with Crippen molar-refractivity contribution in [2.45, 2.75) is 110 Å². The number of rotatable bonds is 6. The largest absolute Gasteiger partial charge is 0.494 e. The Labute approximate surface area is 204 Å². The number of aryl methyl sites for hydroxylation is 1. The van der Waals surface area contributed by atoms with Crippen LogP contribution in [0, 0.1) is 6.92 Å². The Morgan fingerprint density at radius 1 is 1.09 bits per heavy atom. The van der Waals surface area contributed by atoms with Crippen LogP contribution in [-0.2, 0) is 4.79 Å². The topological polar surface area (TPSA) is 41.9 Å². The molecule has 1 heterocycles. The summed E-state index contributed by atoms with van der Waals surface area (Å²) >= 11 is 1.60. The van der Waals surface area contributed by atoms with E-state index >= 15 is 0 Å². The molecule has 5 heteroatoms. The van der Waals surface area contributed by atoms with Crippen molar-refractivity contribution < 1.29 is 9.53 Å². The van der Waals surface area contributed by atoms with Crippen LogP contribution in [0.15, 0.2) is 22.0 Å². The van der Waals surface area contributed by atoms with Crippen LogP contribution in [0.4, 0.5) is 0 Å². The minimum absolute atomic E-state index is 0.154. The summed E-state index contributed by atoms with van der Waals surface area (Å²) < 4.78 is 5.90. The number of thioether (sulfide) groups is 1. The average Bonchev–Trinajstić information content (AvgIpc) is 3.11. The zero-order valence-corrected chi connectivity index (χ0v) is 21.7. The molecule has 0 unspecified atom stereocenters. The summed E-state index contributed by atoms with van der Waals surface area (Å²) in [6.45, 7) is 9.18. The highest BCUT2D eigenvalue weighted by Gasteiger charge is 2.39. The van der Waals surface area contributed by atoms with Gasteiger partial charge in [-0.25, -0.2) is 0 Å². The minimum atomic E-state index is 0.154. The fourth-order valence-electron chi connectivity index (χ4n) is 5.35. The molecule has 0 N–H and O–H groups in total. The maximum atomic E-state index is 13.7. The molecule has 1 amide bonds. The summed E-state index contributed by atoms with van der Waals surface area (Å²) in [5, 5.41) is 0.956. The van der Waals surface area contributed by atoms with Crippen molar-refractivity contribution in [2.75, 3.05) is 6.61 Å². The van der Waals surface area contributed by atoms with Gasteiger partial charge in [0.05, 0.1) is 17.6 Å². The van der Waals surface area contributed by atoms with E-state index in [2.05, 4.69) is 43.9 Å². The van der Waals surface area contributed by atoms with E-state index in [9.17, 15) is 4.79 Å². The molecule has 1 aromatic carbocycles. The minimum Gasteiger partial charge on any atom is -0.494 e. The second-order valence-corrected chi connectivity index (χ2v) is 11.1. The zero-order valence-electron chi connectivity index (χ0n) is 20.9. The van der Waals surface area contributed by atoms with Gasteiger partial charge in [0.25, 0.3) is 5.91 Å². The summed E-state index contributed by atoms with van der Waals surface area (Å²) in [5.74, 6) is 1.47. The van der Waals surface area contributed by atoms with Gasteiger partial charge in [0.2, 0.25) is 0 Å². The third-order valence-corrected chi connectivity index (χ3v) is 8.25. The Morgan fingerprint density at radius 3 is 2.39 bits per heavy atom. The lowest BCUT2D eigenvalue weighted by Gasteiger charge is -2.31. The number of amidine groups is 1. The highest BCUT2D eigenvalue weighted by molar-refractivity contribution is 8.18. The van der Waals surface area contributed by atoms with Crippen LogP contribution in [0.3, 0.4) is 0 Å². The first kappa shape index (κ1) is 24.4. The van der Waals surface area contributed by atoms with Crippen LogP contribution in [0.5, 0.6) is 5.75 Å². The first-order valence-corrected chi connectivity index (χ1v) is 13.9. The molecule has 2 aliphatic carbocycles. The SMILES string of the molecule is CCOc1cc(C)c(C=C2SC(=NC3CCCCC3)N(C3CCCCC3)C2=O)cc1C(C)C. The number of carbonyl (C=O) groups is 1. The average molecular weight is 469 g/mol. The number of aliphatic imine (C=N–C) groups is 1. The lowest BCUT2D eigenvalue weighted by molar-refractivity contribution is -0.124. The van der Waals surface area contributed by atoms with E-state index < -0.39 is 0 Å². The standard InChI is InChI=1S/C28H40N2O2S/c1-5-32-25-16-20(4)21(17-24(25)19(2)3)18-26-27(31)30(23-14-10-7-11-15-23)28(33-26)29-22-12-8-6-9-13-22/h16-19,22-23H,5-15H2,1-4H3. The maximum Gasteiger partial charge on any atom is 0.266 e. The van der Waals surface area contributed by atoms with Gasteiger partial charge in [-0.05, 0) is 92.1 Å². The van der Waals surface area contributed by atoms with E-state index in [1.165, 1.54) is 44.1 Å². The highest BCUT2D eigenvalue weighted by atomic mass is 32.2. The highest BCUT2D eigenvalue weighted by Crippen LogP contribution is 2.39. The third kappa shape index (κ3) is 5.67. The van der Waals surface area contributed by atoms with Crippen LogP contribution in [0.2, 0.25) is 0 Å². The van der Waals surface area contributed by atoms with E-state index in [0.29, 0.717) is 24.6 Å². The summed E-state index contributed by atoms with van der Waals surface area (Å²) in [7, 11) is 0. The van der Waals surface area contributed by atoms with Gasteiger partial charge in [0.15, 0.2) is 5.17 Å². The van der Waals surface area contributed by atoms with Crippen molar-refractivity contribution in [1.29, 1.82) is 0 Å². The van der Waals surface area contributed by atoms with Crippen molar-refractivity contribution in [3.8, 4) is 5.75 Å². The normalized spacial score (nSPS) is 23.3. The predicted molar refractivity (Wildman–Crippen MR) is 140 cm³/mol.